The van der Waals surface area contributed by atoms with Gasteiger partial charge in [-0.15, -0.1) is 0 Å². The molecule has 2 aromatic carbocycles. The molecule has 0 aliphatic carbocycles. The van der Waals surface area contributed by atoms with Gasteiger partial charge in [-0.25, -0.2) is 4.98 Å². The molecule has 8 nitrogen and oxygen atoms in total. The van der Waals surface area contributed by atoms with Crippen molar-refractivity contribution in [3.05, 3.63) is 54.5 Å². The summed E-state index contributed by atoms with van der Waals surface area (Å²) < 4.78 is 30.3. The molecular formula is C26H37N5O3S. The summed E-state index contributed by atoms with van der Waals surface area (Å²) in [7, 11) is 1.70. The van der Waals surface area contributed by atoms with Crippen molar-refractivity contribution in [1.82, 2.24) is 23.9 Å². The first-order valence-electron chi connectivity index (χ1n) is 12.1. The van der Waals surface area contributed by atoms with Crippen LogP contribution in [0.15, 0.2) is 48.7 Å². The van der Waals surface area contributed by atoms with Gasteiger partial charge in [0.05, 0.1) is 17.9 Å². The average Bonchev–Trinajstić information content (AvgIpc) is 3.31. The summed E-state index contributed by atoms with van der Waals surface area (Å²) in [5.41, 5.74) is 1.83. The predicted octanol–water partition coefficient (Wildman–Crippen LogP) is 4.14. The number of fused-ring (bicyclic) bond motifs is 1. The minimum Gasteiger partial charge on any atom is -0.341 e. The van der Waals surface area contributed by atoms with Crippen LogP contribution in [0.4, 0.5) is 0 Å². The lowest BCUT2D eigenvalue weighted by molar-refractivity contribution is -0.117. The van der Waals surface area contributed by atoms with Crippen LogP contribution in [0.25, 0.3) is 22.0 Å². The van der Waals surface area contributed by atoms with Crippen molar-refractivity contribution in [2.24, 2.45) is 0 Å². The van der Waals surface area contributed by atoms with Crippen LogP contribution in [-0.2, 0) is 15.0 Å². The number of hydrogen-bond donors (Lipinski definition) is 2. The molecule has 0 saturated heterocycles. The van der Waals surface area contributed by atoms with Crippen LogP contribution in [0.5, 0.6) is 0 Å². The summed E-state index contributed by atoms with van der Waals surface area (Å²) >= 11 is 0. The van der Waals surface area contributed by atoms with E-state index in [1.807, 2.05) is 37.2 Å². The molecule has 35 heavy (non-hydrogen) atoms. The van der Waals surface area contributed by atoms with Crippen LogP contribution >= 0.6 is 0 Å². The molecule has 9 heteroatoms. The number of hydrogen-bond acceptors (Lipinski definition) is 5. The Morgan fingerprint density at radius 1 is 1.03 bits per heavy atom. The molecule has 1 atom stereocenters. The molecule has 0 amide bonds. The maximum atomic E-state index is 13.0. The number of rotatable bonds is 14. The normalized spacial score (nSPS) is 13.1. The number of likely N-dealkylation sites (N-methyl/N-ethyl adjacent to an activating group) is 2. The number of Topliss-reactive ketones (excluding diaryl/α,β-unsaturated/α-hetero) is 1. The summed E-state index contributed by atoms with van der Waals surface area (Å²) in [6.45, 7) is 2.60. The van der Waals surface area contributed by atoms with Gasteiger partial charge in [0.25, 0.3) is 10.2 Å². The van der Waals surface area contributed by atoms with E-state index in [0.29, 0.717) is 31.8 Å². The largest absolute Gasteiger partial charge is 0.341 e. The summed E-state index contributed by atoms with van der Waals surface area (Å²) in [4.78, 5) is 21.1. The fraction of sp³-hybridized carbons (Fsp3) is 0.462. The zero-order valence-corrected chi connectivity index (χ0v) is 21.9. The van der Waals surface area contributed by atoms with Gasteiger partial charge in [0.2, 0.25) is 0 Å². The number of ketones is 1. The highest BCUT2D eigenvalue weighted by Gasteiger charge is 2.25. The Kier molecular flexibility index (Phi) is 9.56. The zero-order chi connectivity index (χ0) is 25.4. The number of carbonyl (C=O) groups is 1. The molecule has 190 valence electrons. The molecule has 3 aromatic rings. The number of H-pyrrole nitrogens is 1. The van der Waals surface area contributed by atoms with Gasteiger partial charge in [0.1, 0.15) is 11.6 Å². The zero-order valence-electron chi connectivity index (χ0n) is 21.1. The van der Waals surface area contributed by atoms with E-state index in [0.717, 1.165) is 41.3 Å². The van der Waals surface area contributed by atoms with Crippen LogP contribution in [0.2, 0.25) is 0 Å². The molecule has 1 heterocycles. The summed E-state index contributed by atoms with van der Waals surface area (Å²) in [6, 6.07) is 13.9. The smallest absolute Gasteiger partial charge is 0.279 e. The van der Waals surface area contributed by atoms with E-state index >= 15 is 0 Å². The van der Waals surface area contributed by atoms with Crippen LogP contribution in [0.1, 0.15) is 50.9 Å². The standard InChI is InChI=1S/C26H37N5O3S/c1-20(32)10-6-5-7-13-24(29-35(33,34)31(4)17-16-30(2)3)26-27-19-25(28-26)23-15-14-21-11-8-9-12-22(21)18-23/h8-9,11-12,14-15,18-19,24,29H,5-7,10,13,16-17H2,1-4H3,(H,27,28)/t24-/m0/s1. The first kappa shape index (κ1) is 27.0. The maximum absolute atomic E-state index is 13.0. The van der Waals surface area contributed by atoms with Crippen molar-refractivity contribution in [2.75, 3.05) is 34.2 Å². The molecule has 0 saturated carbocycles. The second kappa shape index (κ2) is 12.4. The Morgan fingerprint density at radius 2 is 1.77 bits per heavy atom. The van der Waals surface area contributed by atoms with Gasteiger partial charge in [-0.1, -0.05) is 49.2 Å². The van der Waals surface area contributed by atoms with Crippen molar-refractivity contribution in [2.45, 2.75) is 45.1 Å². The minimum atomic E-state index is -3.70. The lowest BCUT2D eigenvalue weighted by Crippen LogP contribution is -2.43. The second-order valence-electron chi connectivity index (χ2n) is 9.35. The molecular weight excluding hydrogens is 462 g/mol. The fourth-order valence-corrected chi connectivity index (χ4v) is 4.99. The first-order valence-corrected chi connectivity index (χ1v) is 13.5. The van der Waals surface area contributed by atoms with E-state index in [2.05, 4.69) is 39.0 Å². The molecule has 0 aliphatic heterocycles. The topological polar surface area (TPSA) is 98.4 Å². The molecule has 3 rings (SSSR count). The van der Waals surface area contributed by atoms with E-state index in [-0.39, 0.29) is 5.78 Å². The van der Waals surface area contributed by atoms with Gasteiger partial charge in [-0.05, 0) is 50.7 Å². The molecule has 0 spiro atoms. The van der Waals surface area contributed by atoms with E-state index in [1.54, 1.807) is 20.2 Å². The van der Waals surface area contributed by atoms with Crippen LogP contribution in [-0.4, -0.2) is 67.6 Å². The van der Waals surface area contributed by atoms with Crippen molar-refractivity contribution in [1.29, 1.82) is 0 Å². The Bertz CT molecular complexity index is 1220. The van der Waals surface area contributed by atoms with E-state index < -0.39 is 16.3 Å². The molecule has 0 fully saturated rings. The molecule has 0 radical (unpaired) electrons. The third-order valence-electron chi connectivity index (χ3n) is 6.07. The number of aromatic amines is 1. The number of carbonyl (C=O) groups excluding carboxylic acids is 1. The highest BCUT2D eigenvalue weighted by Crippen LogP contribution is 2.26. The van der Waals surface area contributed by atoms with E-state index in [4.69, 9.17) is 0 Å². The summed E-state index contributed by atoms with van der Waals surface area (Å²) in [6.07, 6.45) is 5.34. The van der Waals surface area contributed by atoms with Crippen molar-refractivity contribution < 1.29 is 13.2 Å². The predicted molar refractivity (Wildman–Crippen MR) is 141 cm³/mol. The van der Waals surface area contributed by atoms with Crippen LogP contribution < -0.4 is 4.72 Å². The number of nitrogens with one attached hydrogen (secondary N) is 2. The third kappa shape index (κ3) is 7.96. The van der Waals surface area contributed by atoms with Crippen molar-refractivity contribution in [3.63, 3.8) is 0 Å². The second-order valence-corrected chi connectivity index (χ2v) is 11.2. The van der Waals surface area contributed by atoms with Gasteiger partial charge >= 0.3 is 0 Å². The van der Waals surface area contributed by atoms with Gasteiger partial charge in [0.15, 0.2) is 0 Å². The Balaban J connectivity index is 1.78. The highest BCUT2D eigenvalue weighted by molar-refractivity contribution is 7.87. The fourth-order valence-electron chi connectivity index (χ4n) is 3.90. The van der Waals surface area contributed by atoms with Gasteiger partial charge < -0.3 is 14.7 Å². The quantitative estimate of drug-likeness (QED) is 0.325. The number of nitrogens with zero attached hydrogens (tertiary/aromatic N) is 3. The Hall–Kier alpha value is -2.59. The Labute approximate surface area is 208 Å². The molecule has 0 unspecified atom stereocenters. The average molecular weight is 500 g/mol. The van der Waals surface area contributed by atoms with Crippen molar-refractivity contribution >= 4 is 26.8 Å². The monoisotopic (exact) mass is 499 g/mol. The minimum absolute atomic E-state index is 0.177. The molecule has 2 N–H and O–H groups in total. The van der Waals surface area contributed by atoms with E-state index in [9.17, 15) is 13.2 Å². The summed E-state index contributed by atoms with van der Waals surface area (Å²) in [5, 5.41) is 2.29. The number of imidazole rings is 1. The van der Waals surface area contributed by atoms with E-state index in [1.165, 1.54) is 4.31 Å². The third-order valence-corrected chi connectivity index (χ3v) is 7.66. The molecule has 0 bridgehead atoms. The van der Waals surface area contributed by atoms with Crippen LogP contribution in [0, 0.1) is 0 Å². The SMILES string of the molecule is CC(=O)CCCCC[C@H](NS(=O)(=O)N(C)CCN(C)C)c1ncc(-c2ccc3ccccc3c2)[nH]1. The highest BCUT2D eigenvalue weighted by atomic mass is 32.2. The lowest BCUT2D eigenvalue weighted by atomic mass is 10.1. The molecule has 1 aromatic heterocycles. The van der Waals surface area contributed by atoms with Gasteiger partial charge in [-0.2, -0.15) is 17.4 Å². The number of benzene rings is 2. The Morgan fingerprint density at radius 3 is 2.49 bits per heavy atom. The van der Waals surface area contributed by atoms with Gasteiger partial charge in [-0.3, -0.25) is 0 Å². The number of unbranched alkanes of at least 4 members (excludes halogenated alkanes) is 2. The number of aromatic nitrogens is 2. The van der Waals surface area contributed by atoms with Gasteiger partial charge in [0, 0.05) is 32.1 Å². The van der Waals surface area contributed by atoms with Crippen LogP contribution in [0.3, 0.4) is 0 Å². The lowest BCUT2D eigenvalue weighted by Gasteiger charge is -2.23. The first-order chi connectivity index (χ1) is 16.7. The van der Waals surface area contributed by atoms with Crippen molar-refractivity contribution in [3.8, 4) is 11.3 Å². The molecule has 0 aliphatic rings. The summed E-state index contributed by atoms with van der Waals surface area (Å²) in [5.74, 6) is 0.764. The maximum Gasteiger partial charge on any atom is 0.279 e.